The maximum atomic E-state index is 12.4. The summed E-state index contributed by atoms with van der Waals surface area (Å²) >= 11 is 0. The Labute approximate surface area is 178 Å². The normalized spacial score (nSPS) is 18.5. The Bertz CT molecular complexity index is 1130. The van der Waals surface area contributed by atoms with Crippen LogP contribution in [0.15, 0.2) is 42.5 Å². The second kappa shape index (κ2) is 7.80. The number of benzene rings is 2. The SMILES string of the molecule is CC1(C)CCC[C@@H](n2c(Nc3ccc(OC(F)(F)F)cc3)nc3cc(C#N)ccc32)C1. The standard InChI is InChI=1S/C23H23F3N4O/c1-22(2)11-3-4-17(13-22)30-20-10-5-15(14-27)12-19(20)29-21(30)28-16-6-8-18(9-7-16)31-23(24,25)26/h5-10,12,17H,3-4,11,13H2,1-2H3,(H,28,29)/t17-/m1/s1. The van der Waals surface area contributed by atoms with Crippen molar-refractivity contribution in [3.8, 4) is 11.8 Å². The summed E-state index contributed by atoms with van der Waals surface area (Å²) in [6.07, 6.45) is -0.447. The molecule has 0 bridgehead atoms. The number of hydrogen-bond acceptors (Lipinski definition) is 4. The molecule has 31 heavy (non-hydrogen) atoms. The van der Waals surface area contributed by atoms with Crippen LogP contribution in [0.3, 0.4) is 0 Å². The summed E-state index contributed by atoms with van der Waals surface area (Å²) in [5.74, 6) is 0.330. The molecule has 1 saturated carbocycles. The zero-order chi connectivity index (χ0) is 22.2. The summed E-state index contributed by atoms with van der Waals surface area (Å²) < 4.78 is 43.4. The molecule has 8 heteroatoms. The molecule has 3 aromatic rings. The fourth-order valence-electron chi connectivity index (χ4n) is 4.37. The van der Waals surface area contributed by atoms with E-state index in [9.17, 15) is 18.4 Å². The first-order valence-corrected chi connectivity index (χ1v) is 10.2. The number of rotatable bonds is 4. The fourth-order valence-corrected chi connectivity index (χ4v) is 4.37. The van der Waals surface area contributed by atoms with Gasteiger partial charge in [0.15, 0.2) is 0 Å². The highest BCUT2D eigenvalue weighted by atomic mass is 19.4. The Balaban J connectivity index is 1.70. The molecule has 1 fully saturated rings. The Kier molecular flexibility index (Phi) is 5.29. The molecule has 0 unspecified atom stereocenters. The van der Waals surface area contributed by atoms with Gasteiger partial charge >= 0.3 is 6.36 Å². The number of aromatic nitrogens is 2. The molecule has 1 heterocycles. The highest BCUT2D eigenvalue weighted by Gasteiger charge is 2.32. The van der Waals surface area contributed by atoms with E-state index in [-0.39, 0.29) is 17.2 Å². The minimum atomic E-state index is -4.73. The summed E-state index contributed by atoms with van der Waals surface area (Å²) in [4.78, 5) is 4.71. The van der Waals surface area contributed by atoms with Gasteiger partial charge < -0.3 is 14.6 Å². The summed E-state index contributed by atoms with van der Waals surface area (Å²) in [7, 11) is 0. The topological polar surface area (TPSA) is 62.9 Å². The molecule has 0 aliphatic heterocycles. The van der Waals surface area contributed by atoms with E-state index in [2.05, 4.69) is 34.5 Å². The summed E-state index contributed by atoms with van der Waals surface area (Å²) in [6, 6.07) is 13.4. The van der Waals surface area contributed by atoms with Gasteiger partial charge in [0.05, 0.1) is 22.7 Å². The number of nitrogens with zero attached hydrogens (tertiary/aromatic N) is 3. The number of hydrogen-bond donors (Lipinski definition) is 1. The predicted molar refractivity (Wildman–Crippen MR) is 112 cm³/mol. The van der Waals surface area contributed by atoms with Crippen LogP contribution in [-0.4, -0.2) is 15.9 Å². The Morgan fingerprint density at radius 2 is 1.94 bits per heavy atom. The number of nitrogens with one attached hydrogen (secondary N) is 1. The molecule has 5 nitrogen and oxygen atoms in total. The smallest absolute Gasteiger partial charge is 0.406 e. The Morgan fingerprint density at radius 3 is 2.58 bits per heavy atom. The fraction of sp³-hybridized carbons (Fsp3) is 0.391. The van der Waals surface area contributed by atoms with Crippen molar-refractivity contribution in [2.75, 3.05) is 5.32 Å². The zero-order valence-electron chi connectivity index (χ0n) is 17.3. The van der Waals surface area contributed by atoms with Crippen LogP contribution < -0.4 is 10.1 Å². The summed E-state index contributed by atoms with van der Waals surface area (Å²) in [5, 5.41) is 12.5. The molecule has 4 rings (SSSR count). The number of imidazole rings is 1. The van der Waals surface area contributed by atoms with E-state index >= 15 is 0 Å². The van der Waals surface area contributed by atoms with Crippen LogP contribution in [0.2, 0.25) is 0 Å². The van der Waals surface area contributed by atoms with E-state index in [1.54, 1.807) is 12.1 Å². The molecular formula is C23H23F3N4O. The lowest BCUT2D eigenvalue weighted by atomic mass is 9.75. The van der Waals surface area contributed by atoms with Crippen molar-refractivity contribution in [1.29, 1.82) is 5.26 Å². The van der Waals surface area contributed by atoms with Crippen LogP contribution in [0.25, 0.3) is 11.0 Å². The van der Waals surface area contributed by atoms with Crippen LogP contribution >= 0.6 is 0 Å². The molecule has 1 aliphatic carbocycles. The van der Waals surface area contributed by atoms with Crippen molar-refractivity contribution in [3.05, 3.63) is 48.0 Å². The third-order valence-corrected chi connectivity index (χ3v) is 5.71. The molecule has 162 valence electrons. The maximum Gasteiger partial charge on any atom is 0.573 e. The molecule has 1 aromatic heterocycles. The van der Waals surface area contributed by atoms with E-state index < -0.39 is 6.36 Å². The highest BCUT2D eigenvalue weighted by Crippen LogP contribution is 2.43. The van der Waals surface area contributed by atoms with Gasteiger partial charge in [0, 0.05) is 11.7 Å². The lowest BCUT2D eigenvalue weighted by Gasteiger charge is -2.36. The largest absolute Gasteiger partial charge is 0.573 e. The number of ether oxygens (including phenoxy) is 1. The van der Waals surface area contributed by atoms with Crippen molar-refractivity contribution in [2.24, 2.45) is 5.41 Å². The minimum absolute atomic E-state index is 0.208. The van der Waals surface area contributed by atoms with E-state index in [1.807, 2.05) is 6.07 Å². The van der Waals surface area contributed by atoms with Crippen LogP contribution in [0.5, 0.6) is 5.75 Å². The van der Waals surface area contributed by atoms with E-state index in [4.69, 9.17) is 4.98 Å². The second-order valence-corrected chi connectivity index (χ2v) is 8.73. The molecule has 0 radical (unpaired) electrons. The maximum absolute atomic E-state index is 12.4. The molecule has 1 aliphatic rings. The van der Waals surface area contributed by atoms with Crippen molar-refractivity contribution >= 4 is 22.7 Å². The number of nitriles is 1. The predicted octanol–water partition coefficient (Wildman–Crippen LogP) is 6.69. The van der Waals surface area contributed by atoms with E-state index in [0.29, 0.717) is 22.7 Å². The van der Waals surface area contributed by atoms with Gasteiger partial charge in [0.25, 0.3) is 0 Å². The first-order chi connectivity index (χ1) is 14.6. The van der Waals surface area contributed by atoms with Gasteiger partial charge in [-0.25, -0.2) is 4.98 Å². The quantitative estimate of drug-likeness (QED) is 0.503. The van der Waals surface area contributed by atoms with Gasteiger partial charge in [0.1, 0.15) is 5.75 Å². The van der Waals surface area contributed by atoms with E-state index in [1.165, 1.54) is 24.3 Å². The lowest BCUT2D eigenvalue weighted by Crippen LogP contribution is -2.25. The van der Waals surface area contributed by atoms with Gasteiger partial charge in [-0.15, -0.1) is 13.2 Å². The highest BCUT2D eigenvalue weighted by molar-refractivity contribution is 5.81. The average molecular weight is 428 g/mol. The van der Waals surface area contributed by atoms with Gasteiger partial charge in [0.2, 0.25) is 5.95 Å². The number of alkyl halides is 3. The molecule has 1 atom stereocenters. The molecule has 0 spiro atoms. The number of fused-ring (bicyclic) bond motifs is 1. The molecule has 2 aromatic carbocycles. The molecular weight excluding hydrogens is 405 g/mol. The number of anilines is 2. The van der Waals surface area contributed by atoms with E-state index in [0.717, 1.165) is 31.2 Å². The number of halogens is 3. The minimum Gasteiger partial charge on any atom is -0.406 e. The first-order valence-electron chi connectivity index (χ1n) is 10.2. The van der Waals surface area contributed by atoms with Crippen molar-refractivity contribution in [3.63, 3.8) is 0 Å². The first kappa shape index (κ1) is 21.0. The van der Waals surface area contributed by atoms with Crippen molar-refractivity contribution in [1.82, 2.24) is 9.55 Å². The van der Waals surface area contributed by atoms with Crippen molar-refractivity contribution < 1.29 is 17.9 Å². The van der Waals surface area contributed by atoms with Crippen LogP contribution in [0.4, 0.5) is 24.8 Å². The molecule has 0 saturated heterocycles. The monoisotopic (exact) mass is 428 g/mol. The second-order valence-electron chi connectivity index (χ2n) is 8.73. The summed E-state index contributed by atoms with van der Waals surface area (Å²) in [6.45, 7) is 4.52. The third-order valence-electron chi connectivity index (χ3n) is 5.71. The molecule has 1 N–H and O–H groups in total. The van der Waals surface area contributed by atoms with Gasteiger partial charge in [-0.2, -0.15) is 5.26 Å². The van der Waals surface area contributed by atoms with Crippen LogP contribution in [0.1, 0.15) is 51.1 Å². The van der Waals surface area contributed by atoms with Crippen molar-refractivity contribution in [2.45, 2.75) is 51.9 Å². The third kappa shape index (κ3) is 4.76. The van der Waals surface area contributed by atoms with Gasteiger partial charge in [-0.3, -0.25) is 0 Å². The average Bonchev–Trinajstić information content (AvgIpc) is 3.04. The Morgan fingerprint density at radius 1 is 1.19 bits per heavy atom. The van der Waals surface area contributed by atoms with Gasteiger partial charge in [-0.1, -0.05) is 20.3 Å². The lowest BCUT2D eigenvalue weighted by molar-refractivity contribution is -0.274. The van der Waals surface area contributed by atoms with Crippen LogP contribution in [0, 0.1) is 16.7 Å². The summed E-state index contributed by atoms with van der Waals surface area (Å²) in [5.41, 5.74) is 2.98. The Hall–Kier alpha value is -3.21. The van der Waals surface area contributed by atoms with Gasteiger partial charge in [-0.05, 0) is 67.1 Å². The van der Waals surface area contributed by atoms with Crippen LogP contribution in [-0.2, 0) is 0 Å². The molecule has 0 amide bonds. The zero-order valence-corrected chi connectivity index (χ0v) is 17.3.